The molecule has 1 atom stereocenters. The lowest BCUT2D eigenvalue weighted by molar-refractivity contribution is -0.134. The highest BCUT2D eigenvalue weighted by molar-refractivity contribution is 5.85. The first-order chi connectivity index (χ1) is 10.2. The fourth-order valence-electron chi connectivity index (χ4n) is 2.71. The molecule has 2 heterocycles. The predicted molar refractivity (Wildman–Crippen MR) is 87.8 cm³/mol. The first kappa shape index (κ1) is 16.6. The number of hydrogen-bond donors (Lipinski definition) is 1. The second kappa shape index (κ2) is 7.47. The standard InChI is InChI=1S/C17H20N2O2.ClH/c1-13(18-11-16-7-4-10-21-16)17(20)19-9-8-14-5-2-3-6-15(14)12-19;/h2-7,10,13,18H,8-9,11-12H2,1H3;1H. The number of rotatable bonds is 4. The second-order valence-electron chi connectivity index (χ2n) is 5.46. The Labute approximate surface area is 136 Å². The van der Waals surface area contributed by atoms with Crippen molar-refractivity contribution in [2.75, 3.05) is 6.54 Å². The van der Waals surface area contributed by atoms with Gasteiger partial charge in [0.25, 0.3) is 0 Å². The van der Waals surface area contributed by atoms with Crippen molar-refractivity contribution in [2.45, 2.75) is 32.5 Å². The van der Waals surface area contributed by atoms with Gasteiger partial charge in [-0.3, -0.25) is 10.1 Å². The van der Waals surface area contributed by atoms with E-state index in [1.165, 1.54) is 11.1 Å². The number of fused-ring (bicyclic) bond motifs is 1. The van der Waals surface area contributed by atoms with Crippen molar-refractivity contribution in [3.05, 3.63) is 59.5 Å². The lowest BCUT2D eigenvalue weighted by atomic mass is 9.99. The van der Waals surface area contributed by atoms with E-state index in [2.05, 4.69) is 23.5 Å². The minimum absolute atomic E-state index is 0. The lowest BCUT2D eigenvalue weighted by Gasteiger charge is -2.31. The summed E-state index contributed by atoms with van der Waals surface area (Å²) in [5.41, 5.74) is 2.62. The molecule has 3 rings (SSSR count). The summed E-state index contributed by atoms with van der Waals surface area (Å²) in [5, 5.41) is 3.22. The number of benzene rings is 1. The zero-order valence-corrected chi connectivity index (χ0v) is 13.4. The molecule has 1 aromatic carbocycles. The van der Waals surface area contributed by atoms with Crippen LogP contribution in [0.3, 0.4) is 0 Å². The number of carbonyl (C=O) groups is 1. The van der Waals surface area contributed by atoms with Crippen LogP contribution in [0.4, 0.5) is 0 Å². The predicted octanol–water partition coefficient (Wildman–Crippen LogP) is 2.76. The van der Waals surface area contributed by atoms with Gasteiger partial charge in [0.2, 0.25) is 5.91 Å². The first-order valence-corrected chi connectivity index (χ1v) is 7.35. The third kappa shape index (κ3) is 3.70. The topological polar surface area (TPSA) is 45.5 Å². The molecule has 1 aliphatic rings. The zero-order chi connectivity index (χ0) is 14.7. The Hall–Kier alpha value is -1.78. The number of nitrogens with zero attached hydrogens (tertiary/aromatic N) is 1. The lowest BCUT2D eigenvalue weighted by Crippen LogP contribution is -2.46. The monoisotopic (exact) mass is 320 g/mol. The van der Waals surface area contributed by atoms with Crippen molar-refractivity contribution in [3.8, 4) is 0 Å². The molecular formula is C17H21ClN2O2. The summed E-state index contributed by atoms with van der Waals surface area (Å²) in [6.07, 6.45) is 2.58. The average molecular weight is 321 g/mol. The fraction of sp³-hybridized carbons (Fsp3) is 0.353. The van der Waals surface area contributed by atoms with Crippen LogP contribution in [0.1, 0.15) is 23.8 Å². The molecule has 1 unspecified atom stereocenters. The molecule has 4 nitrogen and oxygen atoms in total. The van der Waals surface area contributed by atoms with Crippen LogP contribution in [0.5, 0.6) is 0 Å². The maximum absolute atomic E-state index is 12.5. The number of halogens is 1. The summed E-state index contributed by atoms with van der Waals surface area (Å²) in [5.74, 6) is 0.995. The van der Waals surface area contributed by atoms with Gasteiger partial charge in [-0.25, -0.2) is 0 Å². The van der Waals surface area contributed by atoms with E-state index in [9.17, 15) is 4.79 Å². The molecule has 5 heteroatoms. The SMILES string of the molecule is CC(NCc1ccco1)C(=O)N1CCc2ccccc2C1.Cl. The molecule has 0 fully saturated rings. The zero-order valence-electron chi connectivity index (χ0n) is 12.6. The summed E-state index contributed by atoms with van der Waals surface area (Å²) >= 11 is 0. The highest BCUT2D eigenvalue weighted by Crippen LogP contribution is 2.19. The Bertz CT molecular complexity index is 613. The van der Waals surface area contributed by atoms with Crippen LogP contribution in [-0.2, 0) is 24.3 Å². The quantitative estimate of drug-likeness (QED) is 0.942. The van der Waals surface area contributed by atoms with E-state index >= 15 is 0 Å². The van der Waals surface area contributed by atoms with Gasteiger partial charge in [0.1, 0.15) is 5.76 Å². The molecular weight excluding hydrogens is 300 g/mol. The van der Waals surface area contributed by atoms with Gasteiger partial charge in [-0.1, -0.05) is 24.3 Å². The Morgan fingerprint density at radius 1 is 1.27 bits per heavy atom. The minimum atomic E-state index is -0.208. The highest BCUT2D eigenvalue weighted by Gasteiger charge is 2.24. The summed E-state index contributed by atoms with van der Waals surface area (Å²) in [7, 11) is 0. The number of nitrogens with one attached hydrogen (secondary N) is 1. The Kier molecular flexibility index (Phi) is 5.63. The van der Waals surface area contributed by atoms with Gasteiger partial charge in [0, 0.05) is 13.1 Å². The van der Waals surface area contributed by atoms with Crippen LogP contribution >= 0.6 is 12.4 Å². The molecule has 1 amide bonds. The molecule has 0 spiro atoms. The van der Waals surface area contributed by atoms with Gasteiger partial charge in [-0.05, 0) is 36.6 Å². The van der Waals surface area contributed by atoms with Gasteiger partial charge in [0.05, 0.1) is 18.8 Å². The average Bonchev–Trinajstić information content (AvgIpc) is 3.05. The first-order valence-electron chi connectivity index (χ1n) is 7.35. The normalized spacial score (nSPS) is 14.9. The van der Waals surface area contributed by atoms with E-state index < -0.39 is 0 Å². The van der Waals surface area contributed by atoms with E-state index in [1.807, 2.05) is 30.0 Å². The Morgan fingerprint density at radius 2 is 2.05 bits per heavy atom. The van der Waals surface area contributed by atoms with E-state index in [4.69, 9.17) is 4.42 Å². The molecule has 0 saturated carbocycles. The molecule has 0 saturated heterocycles. The van der Waals surface area contributed by atoms with Crippen molar-refractivity contribution in [3.63, 3.8) is 0 Å². The number of amides is 1. The number of furan rings is 1. The fourth-order valence-corrected chi connectivity index (χ4v) is 2.71. The maximum atomic E-state index is 12.5. The third-order valence-electron chi connectivity index (χ3n) is 3.98. The number of carbonyl (C=O) groups excluding carboxylic acids is 1. The summed E-state index contributed by atoms with van der Waals surface area (Å²) in [6.45, 7) is 3.99. The molecule has 0 bridgehead atoms. The van der Waals surface area contributed by atoms with E-state index in [0.29, 0.717) is 13.1 Å². The molecule has 1 aliphatic heterocycles. The minimum Gasteiger partial charge on any atom is -0.468 e. The van der Waals surface area contributed by atoms with Crippen molar-refractivity contribution in [2.24, 2.45) is 0 Å². The number of hydrogen-bond acceptors (Lipinski definition) is 3. The van der Waals surface area contributed by atoms with Gasteiger partial charge in [-0.2, -0.15) is 0 Å². The van der Waals surface area contributed by atoms with Crippen LogP contribution in [0, 0.1) is 0 Å². The van der Waals surface area contributed by atoms with Gasteiger partial charge in [-0.15, -0.1) is 12.4 Å². The largest absolute Gasteiger partial charge is 0.468 e. The van der Waals surface area contributed by atoms with Crippen LogP contribution in [0.25, 0.3) is 0 Å². The van der Waals surface area contributed by atoms with Crippen LogP contribution < -0.4 is 5.32 Å². The molecule has 22 heavy (non-hydrogen) atoms. The maximum Gasteiger partial charge on any atom is 0.239 e. The van der Waals surface area contributed by atoms with Crippen molar-refractivity contribution < 1.29 is 9.21 Å². The van der Waals surface area contributed by atoms with E-state index in [-0.39, 0.29) is 24.4 Å². The highest BCUT2D eigenvalue weighted by atomic mass is 35.5. The summed E-state index contributed by atoms with van der Waals surface area (Å²) in [4.78, 5) is 14.4. The van der Waals surface area contributed by atoms with Crippen LogP contribution in [-0.4, -0.2) is 23.4 Å². The van der Waals surface area contributed by atoms with Crippen molar-refractivity contribution in [1.82, 2.24) is 10.2 Å². The van der Waals surface area contributed by atoms with Crippen LogP contribution in [0.2, 0.25) is 0 Å². The molecule has 118 valence electrons. The van der Waals surface area contributed by atoms with Gasteiger partial charge >= 0.3 is 0 Å². The molecule has 1 N–H and O–H groups in total. The Morgan fingerprint density at radius 3 is 2.77 bits per heavy atom. The van der Waals surface area contributed by atoms with Gasteiger partial charge in [0.15, 0.2) is 0 Å². The van der Waals surface area contributed by atoms with Crippen molar-refractivity contribution >= 4 is 18.3 Å². The van der Waals surface area contributed by atoms with E-state index in [1.54, 1.807) is 6.26 Å². The Balaban J connectivity index is 0.00000176. The molecule has 0 radical (unpaired) electrons. The van der Waals surface area contributed by atoms with Crippen molar-refractivity contribution in [1.29, 1.82) is 0 Å². The second-order valence-corrected chi connectivity index (χ2v) is 5.46. The van der Waals surface area contributed by atoms with Crippen LogP contribution in [0.15, 0.2) is 47.1 Å². The summed E-state index contributed by atoms with van der Waals surface area (Å²) < 4.78 is 5.27. The molecule has 2 aromatic rings. The smallest absolute Gasteiger partial charge is 0.239 e. The summed E-state index contributed by atoms with van der Waals surface area (Å²) in [6, 6.07) is 11.9. The van der Waals surface area contributed by atoms with E-state index in [0.717, 1.165) is 18.7 Å². The molecule has 1 aromatic heterocycles. The third-order valence-corrected chi connectivity index (χ3v) is 3.98. The molecule has 0 aliphatic carbocycles. The van der Waals surface area contributed by atoms with Gasteiger partial charge < -0.3 is 9.32 Å².